The maximum atomic E-state index is 12.5. The highest BCUT2D eigenvalue weighted by atomic mass is 16.7. The molecule has 8 heteroatoms. The zero-order valence-electron chi connectivity index (χ0n) is 20.0. The van der Waals surface area contributed by atoms with E-state index in [1.54, 1.807) is 36.4 Å². The minimum absolute atomic E-state index is 0.165. The number of carbonyl (C=O) groups is 1. The van der Waals surface area contributed by atoms with Crippen LogP contribution < -0.4 is 23.7 Å². The molecule has 0 bridgehead atoms. The van der Waals surface area contributed by atoms with Crippen LogP contribution >= 0.6 is 0 Å². The van der Waals surface area contributed by atoms with Crippen molar-refractivity contribution in [3.63, 3.8) is 0 Å². The molecule has 0 spiro atoms. The molecule has 0 aromatic heterocycles. The summed E-state index contributed by atoms with van der Waals surface area (Å²) >= 11 is 0. The van der Waals surface area contributed by atoms with Crippen molar-refractivity contribution in [2.75, 3.05) is 26.6 Å². The highest BCUT2D eigenvalue weighted by Crippen LogP contribution is 2.34. The number of ether oxygens (including phenoxy) is 6. The van der Waals surface area contributed by atoms with Crippen molar-refractivity contribution in [1.29, 1.82) is 0 Å². The molecule has 2 aliphatic heterocycles. The van der Waals surface area contributed by atoms with Crippen LogP contribution in [0.3, 0.4) is 0 Å². The van der Waals surface area contributed by atoms with Crippen LogP contribution in [0.1, 0.15) is 23.6 Å². The maximum absolute atomic E-state index is 12.5. The van der Waals surface area contributed by atoms with Crippen LogP contribution in [0.25, 0.3) is 6.08 Å². The first-order valence-electron chi connectivity index (χ1n) is 11.6. The Labute approximate surface area is 208 Å². The van der Waals surface area contributed by atoms with Crippen molar-refractivity contribution in [3.05, 3.63) is 83.1 Å². The van der Waals surface area contributed by atoms with Crippen molar-refractivity contribution in [3.8, 4) is 28.7 Å². The van der Waals surface area contributed by atoms with Crippen molar-refractivity contribution >= 4 is 17.9 Å². The van der Waals surface area contributed by atoms with Crippen molar-refractivity contribution < 1.29 is 33.2 Å². The molecule has 3 aromatic rings. The lowest BCUT2D eigenvalue weighted by Crippen LogP contribution is -2.10. The number of benzene rings is 3. The van der Waals surface area contributed by atoms with Gasteiger partial charge in [-0.05, 0) is 73.5 Å². The predicted octanol–water partition coefficient (Wildman–Crippen LogP) is 4.92. The minimum atomic E-state index is -0.533. The minimum Gasteiger partial charge on any atom is -0.490 e. The van der Waals surface area contributed by atoms with Crippen LogP contribution in [0.15, 0.2) is 71.4 Å². The number of cyclic esters (lactones) is 1. The Bertz CT molecular complexity index is 1350. The number of aryl methyl sites for hydroxylation is 1. The predicted molar refractivity (Wildman–Crippen MR) is 133 cm³/mol. The molecule has 184 valence electrons. The van der Waals surface area contributed by atoms with Crippen LogP contribution in [0.4, 0.5) is 0 Å². The molecule has 0 N–H and O–H groups in total. The summed E-state index contributed by atoms with van der Waals surface area (Å²) in [6.45, 7) is 5.28. The van der Waals surface area contributed by atoms with E-state index in [-0.39, 0.29) is 18.4 Å². The molecule has 3 aromatic carbocycles. The second-order valence-electron chi connectivity index (χ2n) is 8.06. The molecule has 0 fully saturated rings. The fourth-order valence-electron chi connectivity index (χ4n) is 3.74. The van der Waals surface area contributed by atoms with Crippen LogP contribution in [-0.4, -0.2) is 38.5 Å². The van der Waals surface area contributed by atoms with Gasteiger partial charge in [0, 0.05) is 5.56 Å². The summed E-state index contributed by atoms with van der Waals surface area (Å²) in [6.07, 6.45) is 1.65. The van der Waals surface area contributed by atoms with Gasteiger partial charge in [0.1, 0.15) is 19.0 Å². The molecule has 0 amide bonds. The lowest BCUT2D eigenvalue weighted by molar-refractivity contribution is -0.129. The Kier molecular flexibility index (Phi) is 6.75. The van der Waals surface area contributed by atoms with Gasteiger partial charge in [-0.15, -0.1) is 0 Å². The molecule has 36 heavy (non-hydrogen) atoms. The van der Waals surface area contributed by atoms with Gasteiger partial charge in [0.05, 0.1) is 6.61 Å². The second-order valence-corrected chi connectivity index (χ2v) is 8.06. The van der Waals surface area contributed by atoms with Gasteiger partial charge in [0.15, 0.2) is 28.7 Å². The number of aliphatic imine (C=N–C) groups is 1. The summed E-state index contributed by atoms with van der Waals surface area (Å²) in [5.74, 6) is 2.86. The Hall–Kier alpha value is -4.46. The van der Waals surface area contributed by atoms with Crippen LogP contribution in [0.5, 0.6) is 28.7 Å². The molecular weight excluding hydrogens is 462 g/mol. The summed E-state index contributed by atoms with van der Waals surface area (Å²) in [4.78, 5) is 16.8. The topological polar surface area (TPSA) is 84.8 Å². The number of fused-ring (bicyclic) bond motifs is 1. The zero-order valence-corrected chi connectivity index (χ0v) is 20.0. The molecule has 5 rings (SSSR count). The third-order valence-electron chi connectivity index (χ3n) is 5.41. The van der Waals surface area contributed by atoms with E-state index in [2.05, 4.69) is 4.99 Å². The lowest BCUT2D eigenvalue weighted by Gasteiger charge is -2.13. The first kappa shape index (κ1) is 23.3. The molecule has 0 radical (unpaired) electrons. The van der Waals surface area contributed by atoms with E-state index < -0.39 is 5.97 Å². The quantitative estimate of drug-likeness (QED) is 0.241. The van der Waals surface area contributed by atoms with Crippen molar-refractivity contribution in [1.82, 2.24) is 0 Å². The van der Waals surface area contributed by atoms with E-state index in [1.165, 1.54) is 0 Å². The van der Waals surface area contributed by atoms with Gasteiger partial charge in [0.25, 0.3) is 0 Å². The highest BCUT2D eigenvalue weighted by molar-refractivity contribution is 6.13. The van der Waals surface area contributed by atoms with E-state index in [0.29, 0.717) is 48.4 Å². The summed E-state index contributed by atoms with van der Waals surface area (Å²) in [6, 6.07) is 18.5. The largest absolute Gasteiger partial charge is 0.490 e. The first-order chi connectivity index (χ1) is 17.6. The normalized spacial score (nSPS) is 15.0. The number of carbonyl (C=O) groups excluding carboxylic acids is 1. The monoisotopic (exact) mass is 487 g/mol. The highest BCUT2D eigenvalue weighted by Gasteiger charge is 2.26. The number of hydrogen-bond acceptors (Lipinski definition) is 8. The molecule has 0 atom stereocenters. The van der Waals surface area contributed by atoms with Gasteiger partial charge in [-0.1, -0.05) is 18.2 Å². The molecule has 0 saturated heterocycles. The van der Waals surface area contributed by atoms with Gasteiger partial charge in [-0.3, -0.25) is 0 Å². The van der Waals surface area contributed by atoms with Gasteiger partial charge >= 0.3 is 5.97 Å². The number of rotatable bonds is 9. The molecule has 2 heterocycles. The first-order valence-corrected chi connectivity index (χ1v) is 11.6. The van der Waals surface area contributed by atoms with Crippen molar-refractivity contribution in [2.45, 2.75) is 13.8 Å². The SMILES string of the molecule is CCOc1cc(C=C2N=C(c3ccc4c(c3)OCO4)OC2=O)ccc1OCCOc1cccc(C)c1. The van der Waals surface area contributed by atoms with Gasteiger partial charge in [-0.25, -0.2) is 9.79 Å². The van der Waals surface area contributed by atoms with E-state index in [0.717, 1.165) is 16.9 Å². The van der Waals surface area contributed by atoms with E-state index >= 15 is 0 Å². The smallest absolute Gasteiger partial charge is 0.363 e. The molecular formula is C28H25NO7. The average molecular weight is 488 g/mol. The second kappa shape index (κ2) is 10.4. The zero-order chi connectivity index (χ0) is 24.9. The van der Waals surface area contributed by atoms with Gasteiger partial charge < -0.3 is 28.4 Å². The summed E-state index contributed by atoms with van der Waals surface area (Å²) in [5, 5.41) is 0. The Morgan fingerprint density at radius 3 is 2.64 bits per heavy atom. The van der Waals surface area contributed by atoms with E-state index in [9.17, 15) is 4.79 Å². The van der Waals surface area contributed by atoms with Crippen LogP contribution in [-0.2, 0) is 9.53 Å². The number of hydrogen-bond donors (Lipinski definition) is 0. The molecule has 2 aliphatic rings. The van der Waals surface area contributed by atoms with Gasteiger partial charge in [0.2, 0.25) is 12.7 Å². The third-order valence-corrected chi connectivity index (χ3v) is 5.41. The van der Waals surface area contributed by atoms with E-state index in [4.69, 9.17) is 28.4 Å². The lowest BCUT2D eigenvalue weighted by atomic mass is 10.1. The fraction of sp³-hybridized carbons (Fsp3) is 0.214. The van der Waals surface area contributed by atoms with Crippen LogP contribution in [0.2, 0.25) is 0 Å². The maximum Gasteiger partial charge on any atom is 0.363 e. The molecule has 8 nitrogen and oxygen atoms in total. The number of nitrogens with zero attached hydrogens (tertiary/aromatic N) is 1. The Morgan fingerprint density at radius 1 is 0.917 bits per heavy atom. The van der Waals surface area contributed by atoms with Gasteiger partial charge in [-0.2, -0.15) is 0 Å². The molecule has 0 saturated carbocycles. The molecule has 0 aliphatic carbocycles. The van der Waals surface area contributed by atoms with E-state index in [1.807, 2.05) is 44.2 Å². The van der Waals surface area contributed by atoms with Crippen LogP contribution in [0, 0.1) is 6.92 Å². The molecule has 0 unspecified atom stereocenters. The Morgan fingerprint density at radius 2 is 1.78 bits per heavy atom. The Balaban J connectivity index is 1.27. The third kappa shape index (κ3) is 5.27. The summed E-state index contributed by atoms with van der Waals surface area (Å²) in [7, 11) is 0. The summed E-state index contributed by atoms with van der Waals surface area (Å²) < 4.78 is 33.5. The van der Waals surface area contributed by atoms with Crippen molar-refractivity contribution in [2.24, 2.45) is 4.99 Å². The summed E-state index contributed by atoms with van der Waals surface area (Å²) in [5.41, 5.74) is 2.67. The standard InChI is InChI=1S/C28H25NO7/c1-3-31-25-15-19(7-9-23(25)33-12-11-32-21-6-4-5-18(2)13-21)14-22-28(30)36-27(29-22)20-8-10-24-26(16-20)35-17-34-24/h4-10,13-16H,3,11-12,17H2,1-2H3. The number of esters is 1. The fourth-order valence-corrected chi connectivity index (χ4v) is 3.74. The average Bonchev–Trinajstić information content (AvgIpc) is 3.49.